The fourth-order valence-corrected chi connectivity index (χ4v) is 4.53. The number of ether oxygens (including phenoxy) is 2. The zero-order chi connectivity index (χ0) is 28.3. The Morgan fingerprint density at radius 3 is 2.10 bits per heavy atom. The molecular weight excluding hydrogens is 532 g/mol. The van der Waals surface area contributed by atoms with Crippen LogP contribution in [0, 0.1) is 40.8 Å². The van der Waals surface area contributed by atoms with Gasteiger partial charge in [-0.3, -0.25) is 0 Å². The number of hydrogen-bond donors (Lipinski definition) is 0. The highest BCUT2D eigenvalue weighted by molar-refractivity contribution is 5.65. The Labute approximate surface area is 219 Å². The summed E-state index contributed by atoms with van der Waals surface area (Å²) in [5.74, 6) is -8.45. The van der Waals surface area contributed by atoms with Gasteiger partial charge in [0.15, 0.2) is 17.5 Å². The Morgan fingerprint density at radius 1 is 0.872 bits per heavy atom. The molecule has 1 aliphatic heterocycles. The number of hydrogen-bond acceptors (Lipinski definition) is 2. The maximum atomic E-state index is 14.6. The van der Waals surface area contributed by atoms with Gasteiger partial charge in [0.2, 0.25) is 0 Å². The van der Waals surface area contributed by atoms with Crippen molar-refractivity contribution in [2.24, 2.45) is 5.92 Å². The molecule has 0 amide bonds. The lowest BCUT2D eigenvalue weighted by atomic mass is 9.91. The molecule has 1 saturated heterocycles. The largest absolute Gasteiger partial charge is 0.429 e. The minimum absolute atomic E-state index is 0.108. The van der Waals surface area contributed by atoms with E-state index in [1.54, 1.807) is 0 Å². The smallest absolute Gasteiger partial charge is 0.419 e. The van der Waals surface area contributed by atoms with Crippen LogP contribution in [-0.4, -0.2) is 12.7 Å². The second kappa shape index (κ2) is 11.8. The van der Waals surface area contributed by atoms with E-state index in [0.29, 0.717) is 43.2 Å². The number of rotatable bonds is 8. The summed E-state index contributed by atoms with van der Waals surface area (Å²) in [6, 6.07) is 5.52. The first-order valence-corrected chi connectivity index (χ1v) is 12.3. The zero-order valence-corrected chi connectivity index (χ0v) is 20.7. The molecule has 3 aromatic rings. The van der Waals surface area contributed by atoms with Crippen LogP contribution in [0.4, 0.5) is 35.1 Å². The van der Waals surface area contributed by atoms with Crippen LogP contribution < -0.4 is 4.74 Å². The summed E-state index contributed by atoms with van der Waals surface area (Å²) in [7, 11) is 0. The van der Waals surface area contributed by atoms with Crippen molar-refractivity contribution in [1.82, 2.24) is 0 Å². The lowest BCUT2D eigenvalue weighted by molar-refractivity contribution is -0.131. The third-order valence-electron chi connectivity index (χ3n) is 6.47. The van der Waals surface area contributed by atoms with Crippen LogP contribution in [0.3, 0.4) is 0 Å². The fourth-order valence-electron chi connectivity index (χ4n) is 4.53. The Bertz CT molecular complexity index is 1320. The molecule has 2 nitrogen and oxygen atoms in total. The van der Waals surface area contributed by atoms with Crippen LogP contribution >= 0.6 is 0 Å². The minimum Gasteiger partial charge on any atom is -0.429 e. The van der Waals surface area contributed by atoms with Gasteiger partial charge in [-0.1, -0.05) is 13.3 Å². The van der Waals surface area contributed by atoms with Gasteiger partial charge in [0.1, 0.15) is 23.2 Å². The van der Waals surface area contributed by atoms with Gasteiger partial charge in [0.05, 0.1) is 12.7 Å². The first kappa shape index (κ1) is 28.6. The Kier molecular flexibility index (Phi) is 8.64. The van der Waals surface area contributed by atoms with E-state index in [-0.39, 0.29) is 17.2 Å². The predicted octanol–water partition coefficient (Wildman–Crippen LogP) is 9.14. The normalized spacial score (nSPS) is 18.1. The van der Waals surface area contributed by atoms with Crippen LogP contribution in [0.5, 0.6) is 5.75 Å². The summed E-state index contributed by atoms with van der Waals surface area (Å²) in [4.78, 5) is 0. The molecule has 39 heavy (non-hydrogen) atoms. The van der Waals surface area contributed by atoms with E-state index < -0.39 is 64.0 Å². The molecule has 0 N–H and O–H groups in total. The SMILES string of the molecule is CCCC1CCC(c2cc(F)c(C=CC(F)(F)Oc3ccc(-c4cc(F)c(F)c(F)c4)c(F)c3)c(F)c2)OC1. The minimum atomic E-state index is -4.11. The molecule has 208 valence electrons. The van der Waals surface area contributed by atoms with E-state index >= 15 is 0 Å². The average Bonchev–Trinajstić information content (AvgIpc) is 2.87. The van der Waals surface area contributed by atoms with E-state index in [1.165, 1.54) is 0 Å². The van der Waals surface area contributed by atoms with Crippen LogP contribution in [0.25, 0.3) is 17.2 Å². The van der Waals surface area contributed by atoms with E-state index in [0.717, 1.165) is 43.5 Å². The summed E-state index contributed by atoms with van der Waals surface area (Å²) >= 11 is 0. The zero-order valence-electron chi connectivity index (χ0n) is 20.7. The van der Waals surface area contributed by atoms with Crippen molar-refractivity contribution in [2.75, 3.05) is 6.61 Å². The van der Waals surface area contributed by atoms with Gasteiger partial charge in [0.25, 0.3) is 0 Å². The predicted molar refractivity (Wildman–Crippen MR) is 129 cm³/mol. The van der Waals surface area contributed by atoms with Crippen molar-refractivity contribution < 1.29 is 44.6 Å². The third-order valence-corrected chi connectivity index (χ3v) is 6.47. The van der Waals surface area contributed by atoms with E-state index in [4.69, 9.17) is 4.74 Å². The van der Waals surface area contributed by atoms with Gasteiger partial charge in [-0.25, -0.2) is 26.3 Å². The molecule has 2 unspecified atom stereocenters. The molecule has 1 fully saturated rings. The maximum Gasteiger partial charge on any atom is 0.419 e. The molecular formula is C29H24F8O2. The molecule has 1 aliphatic rings. The molecule has 1 heterocycles. The van der Waals surface area contributed by atoms with Gasteiger partial charge in [0, 0.05) is 23.3 Å². The Morgan fingerprint density at radius 2 is 1.54 bits per heavy atom. The summed E-state index contributed by atoms with van der Waals surface area (Å²) in [6.45, 7) is 2.54. The Hall–Kier alpha value is -3.40. The van der Waals surface area contributed by atoms with E-state index in [2.05, 4.69) is 11.7 Å². The number of halogens is 8. The van der Waals surface area contributed by atoms with Gasteiger partial charge in [-0.05, 0) is 78.8 Å². The maximum absolute atomic E-state index is 14.6. The van der Waals surface area contributed by atoms with Gasteiger partial charge in [-0.2, -0.15) is 8.78 Å². The highest BCUT2D eigenvalue weighted by atomic mass is 19.3. The molecule has 4 rings (SSSR count). The topological polar surface area (TPSA) is 18.5 Å². The molecule has 10 heteroatoms. The summed E-state index contributed by atoms with van der Waals surface area (Å²) < 4.78 is 123. The third kappa shape index (κ3) is 6.79. The summed E-state index contributed by atoms with van der Waals surface area (Å²) in [5, 5.41) is 0. The van der Waals surface area contributed by atoms with E-state index in [9.17, 15) is 35.1 Å². The fraction of sp³-hybridized carbons (Fsp3) is 0.310. The lowest BCUT2D eigenvalue weighted by Crippen LogP contribution is -2.21. The lowest BCUT2D eigenvalue weighted by Gasteiger charge is -2.29. The molecule has 3 aromatic carbocycles. The van der Waals surface area contributed by atoms with Gasteiger partial charge < -0.3 is 9.47 Å². The Balaban J connectivity index is 1.46. The van der Waals surface area contributed by atoms with E-state index in [1.807, 2.05) is 0 Å². The summed E-state index contributed by atoms with van der Waals surface area (Å²) in [6.07, 6.45) is -0.529. The molecule has 0 radical (unpaired) electrons. The molecule has 0 aliphatic carbocycles. The molecule has 2 atom stereocenters. The highest BCUT2D eigenvalue weighted by Crippen LogP contribution is 2.35. The van der Waals surface area contributed by atoms with Crippen molar-refractivity contribution in [3.05, 3.63) is 94.6 Å². The standard InChI is InChI=1S/C29H24F8O2/c1-2-3-16-4-7-27(38-15-16)18-12-22(30)21(23(31)13-18)8-9-29(36,37)39-19-5-6-20(24(32)14-19)17-10-25(33)28(35)26(34)11-17/h5-6,8-14,16,27H,2-4,7,15H2,1H3. The highest BCUT2D eigenvalue weighted by Gasteiger charge is 2.29. The number of benzene rings is 3. The van der Waals surface area contributed by atoms with Crippen molar-refractivity contribution >= 4 is 6.08 Å². The molecule has 0 aromatic heterocycles. The van der Waals surface area contributed by atoms with Crippen LogP contribution in [0.1, 0.15) is 49.8 Å². The quantitative estimate of drug-likeness (QED) is 0.204. The van der Waals surface area contributed by atoms with Crippen molar-refractivity contribution in [3.8, 4) is 16.9 Å². The first-order chi connectivity index (χ1) is 18.5. The van der Waals surface area contributed by atoms with Crippen molar-refractivity contribution in [2.45, 2.75) is 44.8 Å². The first-order valence-electron chi connectivity index (χ1n) is 12.3. The van der Waals surface area contributed by atoms with Gasteiger partial charge >= 0.3 is 6.11 Å². The average molecular weight is 556 g/mol. The van der Waals surface area contributed by atoms with Crippen molar-refractivity contribution in [3.63, 3.8) is 0 Å². The second-order valence-corrected chi connectivity index (χ2v) is 9.34. The van der Waals surface area contributed by atoms with Gasteiger partial charge in [-0.15, -0.1) is 0 Å². The molecule has 0 bridgehead atoms. The van der Waals surface area contributed by atoms with Crippen LogP contribution in [-0.2, 0) is 4.74 Å². The molecule has 0 spiro atoms. The van der Waals surface area contributed by atoms with Crippen LogP contribution in [0.2, 0.25) is 0 Å². The second-order valence-electron chi connectivity index (χ2n) is 9.34. The molecule has 0 saturated carbocycles. The van der Waals surface area contributed by atoms with Crippen molar-refractivity contribution in [1.29, 1.82) is 0 Å². The van der Waals surface area contributed by atoms with Crippen LogP contribution in [0.15, 0.2) is 48.5 Å². The monoisotopic (exact) mass is 556 g/mol. The number of alkyl halides is 2. The summed E-state index contributed by atoms with van der Waals surface area (Å²) in [5.41, 5.74) is -1.21.